The molecule has 4 N–H and O–H groups in total. The van der Waals surface area contributed by atoms with Crippen molar-refractivity contribution in [2.24, 2.45) is 16.7 Å². The van der Waals surface area contributed by atoms with Crippen molar-refractivity contribution in [2.75, 3.05) is 0 Å². The lowest BCUT2D eigenvalue weighted by atomic mass is 9.56. The monoisotopic (exact) mass is 452 g/mol. The van der Waals surface area contributed by atoms with Gasteiger partial charge in [-0.15, -0.1) is 0 Å². The van der Waals surface area contributed by atoms with E-state index in [9.17, 15) is 30.0 Å². The Balaban J connectivity index is 2.28. The fourth-order valence-electron chi connectivity index (χ4n) is 6.01. The Morgan fingerprint density at radius 3 is 2.16 bits per heavy atom. The van der Waals surface area contributed by atoms with Gasteiger partial charge in [0.1, 0.15) is 18.3 Å². The van der Waals surface area contributed by atoms with Crippen molar-refractivity contribution in [3.63, 3.8) is 0 Å². The van der Waals surface area contributed by atoms with E-state index in [-0.39, 0.29) is 12.8 Å². The molecule has 0 aromatic carbocycles. The van der Waals surface area contributed by atoms with Crippen molar-refractivity contribution >= 4 is 11.9 Å². The van der Waals surface area contributed by atoms with E-state index in [1.54, 1.807) is 19.9 Å². The van der Waals surface area contributed by atoms with Crippen LogP contribution in [0.5, 0.6) is 0 Å². The predicted molar refractivity (Wildman–Crippen MR) is 115 cm³/mol. The van der Waals surface area contributed by atoms with Crippen molar-refractivity contribution in [2.45, 2.75) is 97.4 Å². The standard InChI is InChI=1S/C24H36O8/c1-11-17(31-12(2)25)8-15-18(32-13(3)26)7-14-10-24(6,19(28)9-16(14)27)22(30)21(29)20(11)23(15,4)5/h7,15-19,21-22,27-30H,8-10H2,1-6H3/b14-7+/t15-,16-,17-,18+,19-,21-,22+,24-/m0/s1. The number of ether oxygens (including phenoxy) is 2. The number of carbonyl (C=O) groups is 2. The fraction of sp³-hybridized carbons (Fsp3) is 0.750. The Labute approximate surface area is 188 Å². The van der Waals surface area contributed by atoms with Gasteiger partial charge in [-0.1, -0.05) is 20.8 Å². The van der Waals surface area contributed by atoms with E-state index in [0.717, 1.165) is 0 Å². The van der Waals surface area contributed by atoms with Gasteiger partial charge in [-0.3, -0.25) is 9.59 Å². The zero-order chi connectivity index (χ0) is 24.2. The number of hydrogen-bond donors (Lipinski definition) is 4. The highest BCUT2D eigenvalue weighted by Crippen LogP contribution is 2.53. The van der Waals surface area contributed by atoms with E-state index in [4.69, 9.17) is 9.47 Å². The lowest BCUT2D eigenvalue weighted by Crippen LogP contribution is -2.57. The predicted octanol–water partition coefficient (Wildman–Crippen LogP) is 1.40. The van der Waals surface area contributed by atoms with Crippen molar-refractivity contribution in [3.05, 3.63) is 22.8 Å². The molecule has 4 bridgehead atoms. The first kappa shape index (κ1) is 24.9. The first-order valence-electron chi connectivity index (χ1n) is 11.2. The van der Waals surface area contributed by atoms with Gasteiger partial charge in [-0.05, 0) is 48.0 Å². The molecule has 0 saturated heterocycles. The largest absolute Gasteiger partial charge is 0.458 e. The Hall–Kier alpha value is -1.74. The SMILES string of the molecule is CC(=O)O[C@H]1C[C@H]2[C@H](OC(C)=O)/C=C3\C[C@](C)([C@H](O)[C@@H](O)C(=C1C)C2(C)C)[C@@H](O)C[C@@H]3O. The Kier molecular flexibility index (Phi) is 6.66. The quantitative estimate of drug-likeness (QED) is 0.365. The topological polar surface area (TPSA) is 134 Å². The van der Waals surface area contributed by atoms with E-state index < -0.39 is 65.3 Å². The first-order valence-corrected chi connectivity index (χ1v) is 11.2. The zero-order valence-electron chi connectivity index (χ0n) is 19.7. The molecule has 0 spiro atoms. The van der Waals surface area contributed by atoms with E-state index in [2.05, 4.69) is 0 Å². The molecule has 0 radical (unpaired) electrons. The van der Waals surface area contributed by atoms with Crippen LogP contribution in [0.4, 0.5) is 0 Å². The number of esters is 2. The van der Waals surface area contributed by atoms with Gasteiger partial charge in [-0.25, -0.2) is 0 Å². The average molecular weight is 453 g/mol. The number of rotatable bonds is 2. The molecule has 8 nitrogen and oxygen atoms in total. The summed E-state index contributed by atoms with van der Waals surface area (Å²) in [5, 5.41) is 44.2. The second-order valence-corrected chi connectivity index (χ2v) is 10.4. The molecular weight excluding hydrogens is 416 g/mol. The highest BCUT2D eigenvalue weighted by Gasteiger charge is 2.55. The normalized spacial score (nSPS) is 43.1. The molecule has 8 atom stereocenters. The third-order valence-corrected chi connectivity index (χ3v) is 7.87. The molecular formula is C24H36O8. The fourth-order valence-corrected chi connectivity index (χ4v) is 6.01. The van der Waals surface area contributed by atoms with Gasteiger partial charge < -0.3 is 29.9 Å². The van der Waals surface area contributed by atoms with Crippen LogP contribution in [-0.2, 0) is 19.1 Å². The highest BCUT2D eigenvalue weighted by atomic mass is 16.5. The summed E-state index contributed by atoms with van der Waals surface area (Å²) in [5.74, 6) is -1.37. The van der Waals surface area contributed by atoms with Crippen LogP contribution in [-0.4, -0.2) is 69.0 Å². The van der Waals surface area contributed by atoms with E-state index in [0.29, 0.717) is 23.1 Å². The number of aliphatic hydroxyl groups is 4. The molecule has 180 valence electrons. The van der Waals surface area contributed by atoms with Crippen LogP contribution >= 0.6 is 0 Å². The Morgan fingerprint density at radius 2 is 1.59 bits per heavy atom. The molecule has 3 rings (SSSR count). The molecule has 0 aromatic heterocycles. The molecule has 0 aromatic rings. The summed E-state index contributed by atoms with van der Waals surface area (Å²) < 4.78 is 11.2. The number of fused-ring (bicyclic) bond motifs is 4. The molecule has 3 aliphatic carbocycles. The second kappa shape index (κ2) is 8.56. The van der Waals surface area contributed by atoms with E-state index in [1.807, 2.05) is 13.8 Å². The maximum atomic E-state index is 12.0. The van der Waals surface area contributed by atoms with Gasteiger partial charge >= 0.3 is 11.9 Å². The maximum Gasteiger partial charge on any atom is 0.303 e. The van der Waals surface area contributed by atoms with Gasteiger partial charge in [0.05, 0.1) is 18.3 Å². The maximum absolute atomic E-state index is 12.0. The second-order valence-electron chi connectivity index (χ2n) is 10.4. The Morgan fingerprint density at radius 1 is 1.00 bits per heavy atom. The van der Waals surface area contributed by atoms with Crippen LogP contribution in [0.3, 0.4) is 0 Å². The van der Waals surface area contributed by atoms with Gasteiger partial charge in [0.15, 0.2) is 0 Å². The summed E-state index contributed by atoms with van der Waals surface area (Å²) in [6, 6.07) is 0. The van der Waals surface area contributed by atoms with Crippen LogP contribution < -0.4 is 0 Å². The summed E-state index contributed by atoms with van der Waals surface area (Å²) in [6.45, 7) is 9.87. The van der Waals surface area contributed by atoms with E-state index >= 15 is 0 Å². The number of aliphatic hydroxyl groups excluding tert-OH is 4. The van der Waals surface area contributed by atoms with Crippen LogP contribution in [0.1, 0.15) is 60.8 Å². The van der Waals surface area contributed by atoms with Crippen molar-refractivity contribution in [3.8, 4) is 0 Å². The minimum Gasteiger partial charge on any atom is -0.458 e. The minimum absolute atomic E-state index is 0.00106. The number of hydrogen-bond acceptors (Lipinski definition) is 8. The van der Waals surface area contributed by atoms with E-state index in [1.165, 1.54) is 13.8 Å². The summed E-state index contributed by atoms with van der Waals surface area (Å²) >= 11 is 0. The van der Waals surface area contributed by atoms with Gasteiger partial charge in [0, 0.05) is 31.6 Å². The summed E-state index contributed by atoms with van der Waals surface area (Å²) in [4.78, 5) is 23.8. The lowest BCUT2D eigenvalue weighted by Gasteiger charge is -2.53. The zero-order valence-corrected chi connectivity index (χ0v) is 19.7. The molecule has 0 amide bonds. The number of carbonyl (C=O) groups excluding carboxylic acids is 2. The van der Waals surface area contributed by atoms with Gasteiger partial charge in [-0.2, -0.15) is 0 Å². The molecule has 1 fully saturated rings. The Bertz CT molecular complexity index is 843. The van der Waals surface area contributed by atoms with Crippen LogP contribution in [0.2, 0.25) is 0 Å². The van der Waals surface area contributed by atoms with Crippen molar-refractivity contribution in [1.29, 1.82) is 0 Å². The summed E-state index contributed by atoms with van der Waals surface area (Å²) in [5.41, 5.74) is -0.189. The first-order chi connectivity index (χ1) is 14.7. The third kappa shape index (κ3) is 4.14. The molecule has 1 saturated carbocycles. The summed E-state index contributed by atoms with van der Waals surface area (Å²) in [7, 11) is 0. The summed E-state index contributed by atoms with van der Waals surface area (Å²) in [6.07, 6.45) is -3.92. The minimum atomic E-state index is -1.35. The smallest absolute Gasteiger partial charge is 0.303 e. The molecule has 0 unspecified atom stereocenters. The van der Waals surface area contributed by atoms with Gasteiger partial charge in [0.25, 0.3) is 0 Å². The van der Waals surface area contributed by atoms with Crippen molar-refractivity contribution < 1.29 is 39.5 Å². The van der Waals surface area contributed by atoms with Crippen LogP contribution in [0, 0.1) is 16.7 Å². The molecule has 8 heteroatoms. The third-order valence-electron chi connectivity index (χ3n) is 7.87. The lowest BCUT2D eigenvalue weighted by molar-refractivity contribution is -0.157. The van der Waals surface area contributed by atoms with Crippen LogP contribution in [0.15, 0.2) is 22.8 Å². The molecule has 32 heavy (non-hydrogen) atoms. The van der Waals surface area contributed by atoms with Crippen molar-refractivity contribution in [1.82, 2.24) is 0 Å². The highest BCUT2D eigenvalue weighted by molar-refractivity contribution is 5.67. The molecule has 3 aliphatic rings. The average Bonchev–Trinajstić information content (AvgIpc) is 2.65. The van der Waals surface area contributed by atoms with Gasteiger partial charge in [0.2, 0.25) is 0 Å². The molecule has 0 aliphatic heterocycles. The van der Waals surface area contributed by atoms with Crippen LogP contribution in [0.25, 0.3) is 0 Å². The molecule has 0 heterocycles.